The summed E-state index contributed by atoms with van der Waals surface area (Å²) in [5.74, 6) is -1.03. The highest BCUT2D eigenvalue weighted by atomic mass is 127. The Kier molecular flexibility index (Phi) is 3.79. The van der Waals surface area contributed by atoms with Crippen molar-refractivity contribution in [2.75, 3.05) is 0 Å². The molecule has 0 N–H and O–H groups in total. The van der Waals surface area contributed by atoms with Crippen molar-refractivity contribution in [2.45, 2.75) is 13.5 Å². The number of aromatic nitrogens is 1. The first-order valence-corrected chi connectivity index (χ1v) is 6.36. The summed E-state index contributed by atoms with van der Waals surface area (Å²) >= 11 is 2.10. The lowest BCUT2D eigenvalue weighted by Gasteiger charge is -2.08. The standard InChI is InChI=1S/C13H10F2INO/c1-8-4-13(18)17(7-12(8)16)6-9-5-10(14)2-3-11(9)15/h2-5,7H,6H2,1H3. The number of benzene rings is 1. The van der Waals surface area contributed by atoms with Crippen LogP contribution in [0.5, 0.6) is 0 Å². The Balaban J connectivity index is 2.43. The Hall–Kier alpha value is -1.24. The van der Waals surface area contributed by atoms with E-state index < -0.39 is 11.6 Å². The van der Waals surface area contributed by atoms with E-state index in [2.05, 4.69) is 22.6 Å². The van der Waals surface area contributed by atoms with Gasteiger partial charge in [0.1, 0.15) is 11.6 Å². The minimum Gasteiger partial charge on any atom is -0.310 e. The quantitative estimate of drug-likeness (QED) is 0.754. The fraction of sp³-hybridized carbons (Fsp3) is 0.154. The van der Waals surface area contributed by atoms with E-state index in [1.807, 2.05) is 6.92 Å². The third kappa shape index (κ3) is 2.77. The van der Waals surface area contributed by atoms with Crippen LogP contribution in [-0.2, 0) is 6.54 Å². The van der Waals surface area contributed by atoms with Gasteiger partial charge in [0.05, 0.1) is 6.54 Å². The Morgan fingerprint density at radius 2 is 2.00 bits per heavy atom. The molecule has 0 aliphatic rings. The van der Waals surface area contributed by atoms with E-state index in [1.165, 1.54) is 10.6 Å². The average Bonchev–Trinajstić information content (AvgIpc) is 2.30. The molecule has 0 fully saturated rings. The molecule has 0 saturated heterocycles. The molecule has 0 radical (unpaired) electrons. The molecule has 0 spiro atoms. The molecule has 0 amide bonds. The van der Waals surface area contributed by atoms with E-state index in [4.69, 9.17) is 0 Å². The minimum absolute atomic E-state index is 0.0265. The molecule has 0 saturated carbocycles. The molecule has 1 aromatic carbocycles. The Morgan fingerprint density at radius 3 is 2.72 bits per heavy atom. The van der Waals surface area contributed by atoms with Gasteiger partial charge in [-0.1, -0.05) is 0 Å². The highest BCUT2D eigenvalue weighted by Crippen LogP contribution is 2.12. The maximum absolute atomic E-state index is 13.5. The highest BCUT2D eigenvalue weighted by Gasteiger charge is 2.07. The summed E-state index contributed by atoms with van der Waals surface area (Å²) < 4.78 is 28.8. The van der Waals surface area contributed by atoms with Gasteiger partial charge in [-0.3, -0.25) is 4.79 Å². The topological polar surface area (TPSA) is 22.0 Å². The van der Waals surface area contributed by atoms with Gasteiger partial charge in [-0.2, -0.15) is 0 Å². The zero-order chi connectivity index (χ0) is 13.3. The Labute approximate surface area is 116 Å². The molecule has 0 atom stereocenters. The number of pyridine rings is 1. The van der Waals surface area contributed by atoms with Crippen LogP contribution >= 0.6 is 22.6 Å². The van der Waals surface area contributed by atoms with Gasteiger partial charge in [-0.05, 0) is 53.3 Å². The molecular weight excluding hydrogens is 351 g/mol. The summed E-state index contributed by atoms with van der Waals surface area (Å²) in [6.07, 6.45) is 1.64. The van der Waals surface area contributed by atoms with Gasteiger partial charge in [0.2, 0.25) is 0 Å². The van der Waals surface area contributed by atoms with Crippen molar-refractivity contribution in [3.05, 3.63) is 67.1 Å². The predicted octanol–water partition coefficient (Wildman–Crippen LogP) is 3.09. The van der Waals surface area contributed by atoms with Crippen LogP contribution in [0.25, 0.3) is 0 Å². The molecule has 1 aromatic heterocycles. The number of halogens is 3. The predicted molar refractivity (Wildman–Crippen MR) is 73.6 cm³/mol. The smallest absolute Gasteiger partial charge is 0.251 e. The second kappa shape index (κ2) is 5.17. The number of hydrogen-bond acceptors (Lipinski definition) is 1. The van der Waals surface area contributed by atoms with E-state index >= 15 is 0 Å². The molecule has 94 valence electrons. The normalized spacial score (nSPS) is 10.7. The van der Waals surface area contributed by atoms with Crippen LogP contribution in [-0.4, -0.2) is 4.57 Å². The minimum atomic E-state index is -0.515. The summed E-state index contributed by atoms with van der Waals surface area (Å²) in [6, 6.07) is 4.71. The number of nitrogens with zero attached hydrogens (tertiary/aromatic N) is 1. The fourth-order valence-electron chi connectivity index (χ4n) is 1.61. The first-order chi connectivity index (χ1) is 8.47. The Morgan fingerprint density at radius 1 is 1.28 bits per heavy atom. The second-order valence-electron chi connectivity index (χ2n) is 4.01. The van der Waals surface area contributed by atoms with Crippen molar-refractivity contribution in [3.8, 4) is 0 Å². The van der Waals surface area contributed by atoms with E-state index in [9.17, 15) is 13.6 Å². The van der Waals surface area contributed by atoms with Gasteiger partial charge >= 0.3 is 0 Å². The van der Waals surface area contributed by atoms with Crippen molar-refractivity contribution in [3.63, 3.8) is 0 Å². The van der Waals surface area contributed by atoms with Gasteiger partial charge in [0.15, 0.2) is 0 Å². The molecule has 18 heavy (non-hydrogen) atoms. The molecule has 0 unspecified atom stereocenters. The SMILES string of the molecule is Cc1cc(=O)n(Cc2cc(F)ccc2F)cc1I. The maximum Gasteiger partial charge on any atom is 0.251 e. The van der Waals surface area contributed by atoms with Crippen LogP contribution in [0.4, 0.5) is 8.78 Å². The Bertz CT molecular complexity index is 652. The average molecular weight is 361 g/mol. The number of rotatable bonds is 2. The monoisotopic (exact) mass is 361 g/mol. The van der Waals surface area contributed by atoms with Gasteiger partial charge in [-0.25, -0.2) is 8.78 Å². The van der Waals surface area contributed by atoms with Gasteiger partial charge in [-0.15, -0.1) is 0 Å². The van der Waals surface area contributed by atoms with Crippen molar-refractivity contribution in [1.29, 1.82) is 0 Å². The lowest BCUT2D eigenvalue weighted by atomic mass is 10.2. The number of aryl methyl sites for hydroxylation is 1. The zero-order valence-electron chi connectivity index (χ0n) is 9.58. The van der Waals surface area contributed by atoms with E-state index in [1.54, 1.807) is 6.20 Å². The van der Waals surface area contributed by atoms with Gasteiger partial charge in [0, 0.05) is 21.4 Å². The van der Waals surface area contributed by atoms with Crippen molar-refractivity contribution in [2.24, 2.45) is 0 Å². The zero-order valence-corrected chi connectivity index (χ0v) is 11.7. The summed E-state index contributed by atoms with van der Waals surface area (Å²) in [4.78, 5) is 11.7. The van der Waals surface area contributed by atoms with Crippen LogP contribution in [0, 0.1) is 22.1 Å². The molecule has 2 nitrogen and oxygen atoms in total. The number of hydrogen-bond donors (Lipinski definition) is 0. The van der Waals surface area contributed by atoms with Crippen LogP contribution in [0.15, 0.2) is 35.3 Å². The largest absolute Gasteiger partial charge is 0.310 e. The summed E-state index contributed by atoms with van der Waals surface area (Å²) in [5, 5.41) is 0. The van der Waals surface area contributed by atoms with Gasteiger partial charge in [0.25, 0.3) is 5.56 Å². The van der Waals surface area contributed by atoms with Crippen LogP contribution in [0.3, 0.4) is 0 Å². The van der Waals surface area contributed by atoms with Crippen LogP contribution in [0.1, 0.15) is 11.1 Å². The first kappa shape index (κ1) is 13.2. The van der Waals surface area contributed by atoms with E-state index in [0.29, 0.717) is 0 Å². The molecule has 1 heterocycles. The molecule has 0 bridgehead atoms. The molecule has 5 heteroatoms. The first-order valence-electron chi connectivity index (χ1n) is 5.28. The third-order valence-corrected chi connectivity index (χ3v) is 3.75. The van der Waals surface area contributed by atoms with Crippen LogP contribution in [0.2, 0.25) is 0 Å². The van der Waals surface area contributed by atoms with Crippen molar-refractivity contribution < 1.29 is 8.78 Å². The summed E-state index contributed by atoms with van der Waals surface area (Å²) in [5.41, 5.74) is 0.810. The maximum atomic E-state index is 13.5. The van der Waals surface area contributed by atoms with Crippen molar-refractivity contribution >= 4 is 22.6 Å². The molecule has 0 aliphatic carbocycles. The molecule has 2 aromatic rings. The van der Waals surface area contributed by atoms with E-state index in [-0.39, 0.29) is 17.7 Å². The van der Waals surface area contributed by atoms with Crippen molar-refractivity contribution in [1.82, 2.24) is 4.57 Å². The van der Waals surface area contributed by atoms with E-state index in [0.717, 1.165) is 27.3 Å². The van der Waals surface area contributed by atoms with Gasteiger partial charge < -0.3 is 4.57 Å². The fourth-order valence-corrected chi connectivity index (χ4v) is 2.10. The lowest BCUT2D eigenvalue weighted by Crippen LogP contribution is -2.21. The molecular formula is C13H10F2INO. The second-order valence-corrected chi connectivity index (χ2v) is 5.17. The lowest BCUT2D eigenvalue weighted by molar-refractivity contribution is 0.574. The highest BCUT2D eigenvalue weighted by molar-refractivity contribution is 14.1. The molecule has 2 rings (SSSR count). The summed E-state index contributed by atoms with van der Waals surface area (Å²) in [6.45, 7) is 1.86. The summed E-state index contributed by atoms with van der Waals surface area (Å²) in [7, 11) is 0. The third-order valence-electron chi connectivity index (χ3n) is 2.62. The molecule has 0 aliphatic heterocycles. The van der Waals surface area contributed by atoms with Crippen LogP contribution < -0.4 is 5.56 Å².